The molecule has 1 unspecified atom stereocenters. The Morgan fingerprint density at radius 1 is 1.06 bits per heavy atom. The van der Waals surface area contributed by atoms with E-state index in [1.54, 1.807) is 28.8 Å². The number of benzene rings is 4. The summed E-state index contributed by atoms with van der Waals surface area (Å²) in [5.41, 5.74) is 2.16. The maximum Gasteiger partial charge on any atom is 0.269 e. The van der Waals surface area contributed by atoms with Gasteiger partial charge >= 0.3 is 0 Å². The van der Waals surface area contributed by atoms with Crippen molar-refractivity contribution >= 4 is 53.1 Å². The van der Waals surface area contributed by atoms with Gasteiger partial charge in [0.1, 0.15) is 5.75 Å². The number of nitrogens with zero attached hydrogens (tertiary/aromatic N) is 5. The average Bonchev–Trinajstić information content (AvgIpc) is 3.81. The van der Waals surface area contributed by atoms with E-state index in [4.69, 9.17) is 9.47 Å². The van der Waals surface area contributed by atoms with Gasteiger partial charge in [-0.1, -0.05) is 85.0 Å². The van der Waals surface area contributed by atoms with Crippen molar-refractivity contribution in [3.05, 3.63) is 139 Å². The van der Waals surface area contributed by atoms with E-state index in [2.05, 4.69) is 65.1 Å². The predicted molar refractivity (Wildman–Crippen MR) is 213 cm³/mol. The minimum atomic E-state index is -2.46. The van der Waals surface area contributed by atoms with Gasteiger partial charge in [-0.2, -0.15) is 0 Å². The smallest absolute Gasteiger partial charge is 0.269 e. The molecule has 7 rings (SSSR count). The van der Waals surface area contributed by atoms with Crippen molar-refractivity contribution in [2.24, 2.45) is 5.92 Å². The van der Waals surface area contributed by atoms with Crippen molar-refractivity contribution in [1.29, 1.82) is 0 Å². The standard InChI is InChI=1S/C40H42IN5O6Si/c1-26-38(53(3,4)32-16-14-31(51-2)15-17-32)37(19-20-44-24-35(42-43-44)33(25-47)28-10-6-5-7-11-28)52-40(26)34-22-30(46(49)50)13-18-36(34)45(39(40)48)23-27-9-8-12-29(41)21-27/h5-18,21-22,24,26,33,37-38,47H,19-20,23,25H2,1-4H3/t26-,33?,37+,38-,40+/m0/s1. The molecular weight excluding hydrogens is 801 g/mol. The summed E-state index contributed by atoms with van der Waals surface area (Å²) in [5, 5.41) is 32.5. The number of methoxy groups -OCH3 is 1. The second-order valence-electron chi connectivity index (χ2n) is 14.5. The molecule has 1 saturated heterocycles. The second kappa shape index (κ2) is 14.8. The van der Waals surface area contributed by atoms with E-state index < -0.39 is 24.7 Å². The number of rotatable bonds is 12. The van der Waals surface area contributed by atoms with E-state index in [0.29, 0.717) is 36.5 Å². The molecule has 1 fully saturated rings. The Morgan fingerprint density at radius 2 is 1.81 bits per heavy atom. The van der Waals surface area contributed by atoms with Crippen molar-refractivity contribution in [2.45, 2.75) is 62.7 Å². The van der Waals surface area contributed by atoms with Crippen LogP contribution in [0.2, 0.25) is 18.6 Å². The van der Waals surface area contributed by atoms with Crippen molar-refractivity contribution in [1.82, 2.24) is 15.0 Å². The molecule has 1 aromatic heterocycles. The van der Waals surface area contributed by atoms with Gasteiger partial charge in [0.25, 0.3) is 11.6 Å². The normalized spacial score (nSPS) is 21.6. The van der Waals surface area contributed by atoms with E-state index >= 15 is 4.79 Å². The fraction of sp³-hybridized carbons (Fsp3) is 0.325. The van der Waals surface area contributed by atoms with Crippen LogP contribution < -0.4 is 14.8 Å². The zero-order valence-electron chi connectivity index (χ0n) is 30.1. The summed E-state index contributed by atoms with van der Waals surface area (Å²) in [6.45, 7) is 7.35. The zero-order chi connectivity index (χ0) is 37.5. The Morgan fingerprint density at radius 3 is 2.49 bits per heavy atom. The van der Waals surface area contributed by atoms with Gasteiger partial charge in [0.15, 0.2) is 5.60 Å². The molecule has 2 aliphatic heterocycles. The number of carbonyl (C=O) groups is 1. The van der Waals surface area contributed by atoms with Crippen LogP contribution in [0.5, 0.6) is 5.75 Å². The first-order chi connectivity index (χ1) is 25.5. The number of amides is 1. The molecule has 0 saturated carbocycles. The van der Waals surface area contributed by atoms with Crippen LogP contribution in [0.3, 0.4) is 0 Å². The number of fused-ring (bicyclic) bond motifs is 2. The summed E-state index contributed by atoms with van der Waals surface area (Å²) in [4.78, 5) is 28.6. The molecule has 5 atom stereocenters. The number of non-ortho nitro benzene ring substituents is 1. The Hall–Kier alpha value is -4.44. The number of hydrogen-bond donors (Lipinski definition) is 1. The first kappa shape index (κ1) is 36.9. The number of aryl methyl sites for hydroxylation is 1. The molecule has 2 aliphatic rings. The average molecular weight is 844 g/mol. The van der Waals surface area contributed by atoms with Crippen LogP contribution in [-0.4, -0.2) is 58.8 Å². The Bertz CT molecular complexity index is 2130. The topological polar surface area (TPSA) is 133 Å². The lowest BCUT2D eigenvalue weighted by Gasteiger charge is -2.37. The minimum absolute atomic E-state index is 0.0675. The number of anilines is 1. The number of carbonyl (C=O) groups excluding carboxylic acids is 1. The van der Waals surface area contributed by atoms with Crippen LogP contribution in [-0.2, 0) is 28.2 Å². The van der Waals surface area contributed by atoms with Crippen LogP contribution in [0.15, 0.2) is 103 Å². The molecule has 0 bridgehead atoms. The van der Waals surface area contributed by atoms with Crippen molar-refractivity contribution < 1.29 is 24.3 Å². The van der Waals surface area contributed by atoms with Crippen molar-refractivity contribution in [3.8, 4) is 5.75 Å². The first-order valence-corrected chi connectivity index (χ1v) is 21.9. The second-order valence-corrected chi connectivity index (χ2v) is 20.4. The zero-order valence-corrected chi connectivity index (χ0v) is 33.2. The highest BCUT2D eigenvalue weighted by Crippen LogP contribution is 2.60. The number of aliphatic hydroxyl groups excluding tert-OH is 1. The van der Waals surface area contributed by atoms with Gasteiger partial charge in [0.05, 0.1) is 56.7 Å². The Balaban J connectivity index is 1.28. The van der Waals surface area contributed by atoms with Gasteiger partial charge in [-0.3, -0.25) is 19.6 Å². The molecule has 3 heterocycles. The van der Waals surface area contributed by atoms with E-state index in [9.17, 15) is 15.2 Å². The number of aromatic nitrogens is 3. The summed E-state index contributed by atoms with van der Waals surface area (Å²) in [6.07, 6.45) is 2.00. The number of nitro benzene ring substituents is 1. The van der Waals surface area contributed by atoms with Gasteiger partial charge < -0.3 is 19.5 Å². The number of hydrogen-bond acceptors (Lipinski definition) is 8. The molecule has 53 heavy (non-hydrogen) atoms. The highest BCUT2D eigenvalue weighted by atomic mass is 127. The summed E-state index contributed by atoms with van der Waals surface area (Å²) < 4.78 is 15.5. The highest BCUT2D eigenvalue weighted by Gasteiger charge is 2.66. The molecule has 1 spiro atoms. The maximum absolute atomic E-state index is 15.1. The molecule has 13 heteroatoms. The maximum atomic E-state index is 15.1. The number of nitro groups is 1. The lowest BCUT2D eigenvalue weighted by atomic mass is 9.82. The van der Waals surface area contributed by atoms with Gasteiger partial charge in [0.2, 0.25) is 0 Å². The van der Waals surface area contributed by atoms with E-state index in [-0.39, 0.29) is 35.6 Å². The molecule has 1 N–H and O–H groups in total. The van der Waals surface area contributed by atoms with E-state index in [1.165, 1.54) is 11.3 Å². The monoisotopic (exact) mass is 843 g/mol. The fourth-order valence-corrected chi connectivity index (χ4v) is 13.2. The van der Waals surface area contributed by atoms with Gasteiger partial charge in [-0.15, -0.1) is 5.10 Å². The quantitative estimate of drug-likeness (QED) is 0.0630. The van der Waals surface area contributed by atoms with Crippen LogP contribution in [0.1, 0.15) is 41.6 Å². The largest absolute Gasteiger partial charge is 0.497 e. The third kappa shape index (κ3) is 6.68. The molecule has 5 aromatic rings. The van der Waals surface area contributed by atoms with E-state index in [1.807, 2.05) is 72.9 Å². The highest BCUT2D eigenvalue weighted by molar-refractivity contribution is 14.1. The lowest BCUT2D eigenvalue weighted by molar-refractivity contribution is -0.385. The van der Waals surface area contributed by atoms with Gasteiger partial charge in [0, 0.05) is 39.9 Å². The molecular formula is C40H42IN5O6Si. The fourth-order valence-electron chi connectivity index (χ4n) is 8.56. The molecule has 0 radical (unpaired) electrons. The van der Waals surface area contributed by atoms with Crippen LogP contribution >= 0.6 is 22.6 Å². The number of halogens is 1. The van der Waals surface area contributed by atoms with Gasteiger partial charge in [-0.25, -0.2) is 0 Å². The summed E-state index contributed by atoms with van der Waals surface area (Å²) in [6, 6.07) is 30.6. The van der Waals surface area contributed by atoms with Crippen LogP contribution in [0.4, 0.5) is 11.4 Å². The molecule has 1 amide bonds. The molecule has 274 valence electrons. The predicted octanol–water partition coefficient (Wildman–Crippen LogP) is 6.78. The summed E-state index contributed by atoms with van der Waals surface area (Å²) in [7, 11) is -0.811. The van der Waals surface area contributed by atoms with Gasteiger partial charge in [-0.05, 0) is 76.0 Å². The third-order valence-corrected chi connectivity index (χ3v) is 16.2. The molecule has 11 nitrogen and oxygen atoms in total. The SMILES string of the molecule is COc1ccc([Si](C)(C)[C@@H]2[C@@H](CCn3cc(C(CO)c4ccccc4)nn3)O[C@]3(C(=O)N(Cc4cccc(I)c4)c4ccc([N+](=O)[O-])cc43)[C@H]2C)cc1. The van der Waals surface area contributed by atoms with Crippen LogP contribution in [0, 0.1) is 19.6 Å². The summed E-state index contributed by atoms with van der Waals surface area (Å²) >= 11 is 2.26. The lowest BCUT2D eigenvalue weighted by Crippen LogP contribution is -2.51. The van der Waals surface area contributed by atoms with Crippen molar-refractivity contribution in [2.75, 3.05) is 18.6 Å². The van der Waals surface area contributed by atoms with Crippen LogP contribution in [0.25, 0.3) is 0 Å². The molecule has 4 aromatic carbocycles. The minimum Gasteiger partial charge on any atom is -0.497 e. The summed E-state index contributed by atoms with van der Waals surface area (Å²) in [5.74, 6) is -0.0801. The Labute approximate surface area is 323 Å². The first-order valence-electron chi connectivity index (χ1n) is 17.7. The van der Waals surface area contributed by atoms with Crippen molar-refractivity contribution in [3.63, 3.8) is 0 Å². The molecule has 0 aliphatic carbocycles. The third-order valence-electron chi connectivity index (χ3n) is 11.2. The Kier molecular flexibility index (Phi) is 10.3. The number of ether oxygens (including phenoxy) is 2. The van der Waals surface area contributed by atoms with E-state index in [0.717, 1.165) is 20.4 Å². The number of aliphatic hydroxyl groups is 1.